The number of hydrogen-bond acceptors (Lipinski definition) is 3. The number of nitrogens with zero attached hydrogens (tertiary/aromatic N) is 1. The van der Waals surface area contributed by atoms with Gasteiger partial charge in [-0.2, -0.15) is 0 Å². The van der Waals surface area contributed by atoms with Gasteiger partial charge in [0.1, 0.15) is 0 Å². The molecule has 0 spiro atoms. The third-order valence-electron chi connectivity index (χ3n) is 3.89. The summed E-state index contributed by atoms with van der Waals surface area (Å²) in [6.45, 7) is 3.36. The van der Waals surface area contributed by atoms with Crippen LogP contribution in [0.15, 0.2) is 30.6 Å². The molecule has 3 rings (SSSR count). The van der Waals surface area contributed by atoms with Gasteiger partial charge in [0, 0.05) is 41.1 Å². The molecular weight excluding hydrogens is 222 g/mol. The summed E-state index contributed by atoms with van der Waals surface area (Å²) in [7, 11) is 0. The van der Waals surface area contributed by atoms with Crippen molar-refractivity contribution in [2.75, 3.05) is 17.6 Å². The van der Waals surface area contributed by atoms with Gasteiger partial charge in [-0.25, -0.2) is 0 Å². The number of fused-ring (bicyclic) bond motifs is 1. The molecule has 1 heterocycles. The fourth-order valence-electron chi connectivity index (χ4n) is 2.47. The molecule has 0 radical (unpaired) electrons. The maximum Gasteiger partial charge on any atom is 0.0422 e. The molecule has 1 aliphatic rings. The van der Waals surface area contributed by atoms with E-state index in [1.54, 1.807) is 0 Å². The van der Waals surface area contributed by atoms with Gasteiger partial charge in [-0.1, -0.05) is 6.92 Å². The lowest BCUT2D eigenvalue weighted by Gasteiger charge is -2.15. The molecule has 0 aliphatic heterocycles. The third-order valence-corrected chi connectivity index (χ3v) is 3.89. The Balaban J connectivity index is 1.85. The zero-order valence-electron chi connectivity index (χ0n) is 10.7. The number of nitrogens with two attached hydrogens (primary N) is 1. The first-order valence-electron chi connectivity index (χ1n) is 6.62. The van der Waals surface area contributed by atoms with Gasteiger partial charge in [0.15, 0.2) is 0 Å². The zero-order valence-corrected chi connectivity index (χ0v) is 10.7. The molecule has 1 unspecified atom stereocenters. The highest BCUT2D eigenvalue weighted by molar-refractivity contribution is 6.00. The number of anilines is 2. The average molecular weight is 241 g/mol. The topological polar surface area (TPSA) is 50.9 Å². The Morgan fingerprint density at radius 2 is 2.17 bits per heavy atom. The van der Waals surface area contributed by atoms with E-state index in [9.17, 15) is 0 Å². The van der Waals surface area contributed by atoms with Crippen LogP contribution in [0, 0.1) is 11.8 Å². The van der Waals surface area contributed by atoms with Gasteiger partial charge in [-0.15, -0.1) is 0 Å². The number of hydrogen-bond donors (Lipinski definition) is 2. The quantitative estimate of drug-likeness (QED) is 0.808. The Hall–Kier alpha value is -1.77. The third kappa shape index (κ3) is 2.13. The fraction of sp³-hybridized carbons (Fsp3) is 0.400. The smallest absolute Gasteiger partial charge is 0.0422 e. The van der Waals surface area contributed by atoms with Crippen molar-refractivity contribution >= 4 is 22.1 Å². The molecule has 1 saturated carbocycles. The van der Waals surface area contributed by atoms with Crippen LogP contribution in [0.4, 0.5) is 11.4 Å². The summed E-state index contributed by atoms with van der Waals surface area (Å²) in [6.07, 6.45) is 6.45. The van der Waals surface area contributed by atoms with Crippen molar-refractivity contribution in [1.29, 1.82) is 0 Å². The Bertz CT molecular complexity index is 561. The van der Waals surface area contributed by atoms with Crippen LogP contribution in [-0.2, 0) is 0 Å². The van der Waals surface area contributed by atoms with Gasteiger partial charge >= 0.3 is 0 Å². The molecule has 0 saturated heterocycles. The minimum Gasteiger partial charge on any atom is -0.398 e. The van der Waals surface area contributed by atoms with Crippen LogP contribution in [0.5, 0.6) is 0 Å². The molecule has 3 nitrogen and oxygen atoms in total. The lowest BCUT2D eigenvalue weighted by atomic mass is 10.1. The maximum atomic E-state index is 5.97. The minimum absolute atomic E-state index is 0.749. The number of aromatic nitrogens is 1. The second-order valence-corrected chi connectivity index (χ2v) is 5.32. The summed E-state index contributed by atoms with van der Waals surface area (Å²) in [5.41, 5.74) is 7.92. The Labute approximate surface area is 107 Å². The van der Waals surface area contributed by atoms with Crippen molar-refractivity contribution in [3.05, 3.63) is 30.6 Å². The van der Waals surface area contributed by atoms with Crippen LogP contribution in [-0.4, -0.2) is 11.5 Å². The van der Waals surface area contributed by atoms with Crippen LogP contribution in [0.25, 0.3) is 10.8 Å². The highest BCUT2D eigenvalue weighted by Gasteiger charge is 2.27. The van der Waals surface area contributed by atoms with E-state index < -0.39 is 0 Å². The van der Waals surface area contributed by atoms with Crippen molar-refractivity contribution in [3.8, 4) is 0 Å². The lowest BCUT2D eigenvalue weighted by Crippen LogP contribution is -2.13. The van der Waals surface area contributed by atoms with E-state index in [1.807, 2.05) is 24.5 Å². The maximum absolute atomic E-state index is 5.97. The molecule has 2 aromatic rings. The summed E-state index contributed by atoms with van der Waals surface area (Å²) in [6, 6.07) is 6.04. The van der Waals surface area contributed by atoms with Crippen LogP contribution in [0.3, 0.4) is 0 Å². The molecule has 3 N–H and O–H groups in total. The molecule has 1 fully saturated rings. The molecule has 1 atom stereocenters. The van der Waals surface area contributed by atoms with Gasteiger partial charge in [-0.05, 0) is 42.9 Å². The minimum atomic E-state index is 0.749. The Morgan fingerprint density at radius 3 is 2.94 bits per heavy atom. The van der Waals surface area contributed by atoms with E-state index in [0.717, 1.165) is 40.5 Å². The Morgan fingerprint density at radius 1 is 1.33 bits per heavy atom. The lowest BCUT2D eigenvalue weighted by molar-refractivity contribution is 0.537. The first kappa shape index (κ1) is 11.3. The summed E-state index contributed by atoms with van der Waals surface area (Å²) in [5, 5.41) is 5.74. The van der Waals surface area contributed by atoms with Gasteiger partial charge in [0.2, 0.25) is 0 Å². The van der Waals surface area contributed by atoms with Crippen LogP contribution in [0.1, 0.15) is 19.8 Å². The van der Waals surface area contributed by atoms with Crippen molar-refractivity contribution in [2.45, 2.75) is 19.8 Å². The van der Waals surface area contributed by atoms with Gasteiger partial charge in [-0.3, -0.25) is 4.98 Å². The first-order valence-corrected chi connectivity index (χ1v) is 6.62. The standard InChI is InChI=1S/C15H19N3/c1-10(11-2-3-11)8-18-15-5-4-14(16)13-9-17-7-6-12(13)15/h4-7,9-11,18H,2-3,8,16H2,1H3. The van der Waals surface area contributed by atoms with Crippen molar-refractivity contribution in [2.24, 2.45) is 11.8 Å². The molecule has 1 aliphatic carbocycles. The van der Waals surface area contributed by atoms with Gasteiger partial charge < -0.3 is 11.1 Å². The largest absolute Gasteiger partial charge is 0.398 e. The molecular formula is C15H19N3. The monoisotopic (exact) mass is 241 g/mol. The summed E-state index contributed by atoms with van der Waals surface area (Å²) >= 11 is 0. The van der Waals surface area contributed by atoms with Gasteiger partial charge in [0.25, 0.3) is 0 Å². The first-order chi connectivity index (χ1) is 8.75. The SMILES string of the molecule is CC(CNc1ccc(N)c2cnccc12)C1CC1. The molecule has 18 heavy (non-hydrogen) atoms. The van der Waals surface area contributed by atoms with E-state index in [4.69, 9.17) is 5.73 Å². The van der Waals surface area contributed by atoms with E-state index in [0.29, 0.717) is 0 Å². The molecule has 0 amide bonds. The van der Waals surface area contributed by atoms with Crippen molar-refractivity contribution < 1.29 is 0 Å². The van der Waals surface area contributed by atoms with Crippen molar-refractivity contribution in [1.82, 2.24) is 4.98 Å². The number of pyridine rings is 1. The van der Waals surface area contributed by atoms with Crippen LogP contribution >= 0.6 is 0 Å². The molecule has 94 valence electrons. The summed E-state index contributed by atoms with van der Waals surface area (Å²) in [5.74, 6) is 1.68. The average Bonchev–Trinajstić information content (AvgIpc) is 3.22. The van der Waals surface area contributed by atoms with E-state index in [-0.39, 0.29) is 0 Å². The molecule has 1 aromatic carbocycles. The number of benzene rings is 1. The number of nitrogen functional groups attached to an aromatic ring is 1. The van der Waals surface area contributed by atoms with E-state index in [1.165, 1.54) is 12.8 Å². The number of rotatable bonds is 4. The van der Waals surface area contributed by atoms with Crippen LogP contribution < -0.4 is 11.1 Å². The highest BCUT2D eigenvalue weighted by Crippen LogP contribution is 2.37. The second-order valence-electron chi connectivity index (χ2n) is 5.32. The highest BCUT2D eigenvalue weighted by atomic mass is 14.9. The summed E-state index contributed by atoms with van der Waals surface area (Å²) in [4.78, 5) is 4.14. The summed E-state index contributed by atoms with van der Waals surface area (Å²) < 4.78 is 0. The van der Waals surface area contributed by atoms with Crippen LogP contribution in [0.2, 0.25) is 0 Å². The fourth-order valence-corrected chi connectivity index (χ4v) is 2.47. The van der Waals surface area contributed by atoms with Gasteiger partial charge in [0.05, 0.1) is 0 Å². The second kappa shape index (κ2) is 4.48. The predicted octanol–water partition coefficient (Wildman–Crippen LogP) is 3.28. The molecule has 0 bridgehead atoms. The Kier molecular flexibility index (Phi) is 2.82. The zero-order chi connectivity index (χ0) is 12.5. The van der Waals surface area contributed by atoms with E-state index >= 15 is 0 Å². The van der Waals surface area contributed by atoms with Crippen molar-refractivity contribution in [3.63, 3.8) is 0 Å². The normalized spacial score (nSPS) is 16.7. The molecule has 1 aromatic heterocycles. The van der Waals surface area contributed by atoms with E-state index in [2.05, 4.69) is 23.3 Å². The molecule has 3 heteroatoms. The number of nitrogens with one attached hydrogen (secondary N) is 1. The predicted molar refractivity (Wildman–Crippen MR) is 76.5 cm³/mol.